The molecule has 1 aromatic heterocycles. The maximum Gasteiger partial charge on any atom is 0.158 e. The van der Waals surface area contributed by atoms with Crippen molar-refractivity contribution in [1.29, 1.82) is 0 Å². The molecule has 3 nitrogen and oxygen atoms in total. The van der Waals surface area contributed by atoms with Crippen LogP contribution in [-0.4, -0.2) is 17.7 Å². The molecule has 2 heterocycles. The van der Waals surface area contributed by atoms with Gasteiger partial charge in [0.1, 0.15) is 5.82 Å². The Morgan fingerprint density at radius 1 is 1.04 bits per heavy atom. The van der Waals surface area contributed by atoms with Crippen molar-refractivity contribution in [1.82, 2.24) is 4.57 Å². The molecule has 0 radical (unpaired) electrons. The monoisotopic (exact) mass is 322 g/mol. The molecule has 0 bridgehead atoms. The van der Waals surface area contributed by atoms with E-state index in [9.17, 15) is 4.39 Å². The van der Waals surface area contributed by atoms with Gasteiger partial charge in [0.25, 0.3) is 0 Å². The Labute approximate surface area is 140 Å². The van der Waals surface area contributed by atoms with Crippen LogP contribution in [0.1, 0.15) is 17.4 Å². The highest BCUT2D eigenvalue weighted by molar-refractivity contribution is 5.51. The fraction of sp³-hybridized carbons (Fsp3) is 0.200. The summed E-state index contributed by atoms with van der Waals surface area (Å²) >= 11 is 0. The van der Waals surface area contributed by atoms with Crippen molar-refractivity contribution in [2.45, 2.75) is 13.2 Å². The second kappa shape index (κ2) is 6.13. The zero-order chi connectivity index (χ0) is 16.5. The Balaban J connectivity index is 1.64. The van der Waals surface area contributed by atoms with E-state index in [2.05, 4.69) is 36.1 Å². The quantitative estimate of drug-likeness (QED) is 0.708. The zero-order valence-corrected chi connectivity index (χ0v) is 13.5. The molecule has 2 aromatic carbocycles. The first-order valence-corrected chi connectivity index (χ1v) is 8.09. The summed E-state index contributed by atoms with van der Waals surface area (Å²) in [4.78, 5) is 2.26. The lowest BCUT2D eigenvalue weighted by atomic mass is 10.2. The number of nitrogens with zero attached hydrogens (tertiary/aromatic N) is 2. The lowest BCUT2D eigenvalue weighted by molar-refractivity contribution is 0.114. The molecule has 4 heteroatoms. The van der Waals surface area contributed by atoms with E-state index in [-0.39, 0.29) is 12.0 Å². The zero-order valence-electron chi connectivity index (χ0n) is 13.5. The number of hydrogen-bond donors (Lipinski definition) is 0. The van der Waals surface area contributed by atoms with Crippen molar-refractivity contribution in [3.8, 4) is 5.69 Å². The fourth-order valence-corrected chi connectivity index (χ4v) is 3.17. The molecule has 0 N–H and O–H groups in total. The number of anilines is 1. The van der Waals surface area contributed by atoms with Gasteiger partial charge in [0.15, 0.2) is 6.23 Å². The van der Waals surface area contributed by atoms with Gasteiger partial charge in [-0.05, 0) is 48.9 Å². The minimum atomic E-state index is -0.235. The highest BCUT2D eigenvalue weighted by Gasteiger charge is 2.28. The molecule has 0 spiro atoms. The Kier molecular flexibility index (Phi) is 3.82. The van der Waals surface area contributed by atoms with Gasteiger partial charge >= 0.3 is 0 Å². The van der Waals surface area contributed by atoms with Gasteiger partial charge in [-0.15, -0.1) is 0 Å². The van der Waals surface area contributed by atoms with Gasteiger partial charge < -0.3 is 14.2 Å². The van der Waals surface area contributed by atoms with E-state index in [1.165, 1.54) is 17.7 Å². The van der Waals surface area contributed by atoms with Crippen LogP contribution in [-0.2, 0) is 4.74 Å². The number of halogens is 1. The van der Waals surface area contributed by atoms with Crippen molar-refractivity contribution in [2.24, 2.45) is 0 Å². The molecule has 1 aliphatic heterocycles. The van der Waals surface area contributed by atoms with Crippen molar-refractivity contribution in [2.75, 3.05) is 18.1 Å². The summed E-state index contributed by atoms with van der Waals surface area (Å²) in [7, 11) is 0. The Hall–Kier alpha value is -2.59. The number of ether oxygens (including phenoxy) is 1. The lowest BCUT2D eigenvalue weighted by Crippen LogP contribution is -2.23. The molecule has 1 saturated heterocycles. The van der Waals surface area contributed by atoms with Crippen LogP contribution in [0.4, 0.5) is 10.1 Å². The van der Waals surface area contributed by atoms with Gasteiger partial charge in [0, 0.05) is 35.9 Å². The minimum absolute atomic E-state index is 0.110. The predicted molar refractivity (Wildman–Crippen MR) is 92.9 cm³/mol. The average molecular weight is 322 g/mol. The second-order valence-electron chi connectivity index (χ2n) is 6.09. The summed E-state index contributed by atoms with van der Waals surface area (Å²) in [6.07, 6.45) is 3.84. The molecule has 0 aliphatic carbocycles. The maximum absolute atomic E-state index is 13.4. The highest BCUT2D eigenvalue weighted by Crippen LogP contribution is 2.33. The maximum atomic E-state index is 13.4. The van der Waals surface area contributed by atoms with Crippen LogP contribution in [0.25, 0.3) is 5.69 Å². The van der Waals surface area contributed by atoms with E-state index in [0.29, 0.717) is 6.61 Å². The number of benzene rings is 2. The van der Waals surface area contributed by atoms with Crippen molar-refractivity contribution in [3.63, 3.8) is 0 Å². The van der Waals surface area contributed by atoms with Gasteiger partial charge in [-0.2, -0.15) is 0 Å². The molecule has 0 unspecified atom stereocenters. The SMILES string of the molecule is Cc1cccc(N2CCO[C@H]2c2ccn(-c3cccc(F)c3)c2)c1. The summed E-state index contributed by atoms with van der Waals surface area (Å²) in [5.74, 6) is -0.235. The van der Waals surface area contributed by atoms with Crippen LogP contribution in [0.5, 0.6) is 0 Å². The van der Waals surface area contributed by atoms with Crippen molar-refractivity contribution in [3.05, 3.63) is 83.9 Å². The summed E-state index contributed by atoms with van der Waals surface area (Å²) in [6, 6.07) is 17.1. The smallest absolute Gasteiger partial charge is 0.158 e. The van der Waals surface area contributed by atoms with Crippen LogP contribution in [0.2, 0.25) is 0 Å². The van der Waals surface area contributed by atoms with E-state index >= 15 is 0 Å². The van der Waals surface area contributed by atoms with Crippen molar-refractivity contribution >= 4 is 5.69 Å². The number of rotatable bonds is 3. The van der Waals surface area contributed by atoms with Gasteiger partial charge in [0.2, 0.25) is 0 Å². The Morgan fingerprint density at radius 2 is 1.88 bits per heavy atom. The van der Waals surface area contributed by atoms with E-state index in [0.717, 1.165) is 23.5 Å². The first-order valence-electron chi connectivity index (χ1n) is 8.09. The second-order valence-corrected chi connectivity index (χ2v) is 6.09. The van der Waals surface area contributed by atoms with Gasteiger partial charge in [-0.25, -0.2) is 4.39 Å². The van der Waals surface area contributed by atoms with Crippen LogP contribution in [0.3, 0.4) is 0 Å². The van der Waals surface area contributed by atoms with Crippen LogP contribution in [0.15, 0.2) is 67.0 Å². The van der Waals surface area contributed by atoms with E-state index in [1.54, 1.807) is 6.07 Å². The molecule has 0 saturated carbocycles. The minimum Gasteiger partial charge on any atom is -0.352 e. The van der Waals surface area contributed by atoms with Crippen LogP contribution in [0, 0.1) is 12.7 Å². The molecule has 122 valence electrons. The molecule has 0 amide bonds. The van der Waals surface area contributed by atoms with Crippen molar-refractivity contribution < 1.29 is 9.13 Å². The Morgan fingerprint density at radius 3 is 2.71 bits per heavy atom. The third kappa shape index (κ3) is 2.81. The third-order valence-electron chi connectivity index (χ3n) is 4.33. The van der Waals surface area contributed by atoms with Crippen LogP contribution >= 0.6 is 0 Å². The molecule has 1 fully saturated rings. The lowest BCUT2D eigenvalue weighted by Gasteiger charge is -2.25. The first-order chi connectivity index (χ1) is 11.7. The van der Waals surface area contributed by atoms with Crippen LogP contribution < -0.4 is 4.90 Å². The van der Waals surface area contributed by atoms with Gasteiger partial charge in [-0.3, -0.25) is 0 Å². The molecule has 3 aromatic rings. The first kappa shape index (κ1) is 15.0. The molecule has 1 atom stereocenters. The molecule has 24 heavy (non-hydrogen) atoms. The summed E-state index contributed by atoms with van der Waals surface area (Å²) in [5.41, 5.74) is 4.27. The van der Waals surface area contributed by atoms with Gasteiger partial charge in [-0.1, -0.05) is 18.2 Å². The molecule has 4 rings (SSSR count). The molecular weight excluding hydrogens is 303 g/mol. The average Bonchev–Trinajstić information content (AvgIpc) is 3.24. The summed E-state index contributed by atoms with van der Waals surface area (Å²) in [6.45, 7) is 3.65. The highest BCUT2D eigenvalue weighted by atomic mass is 19.1. The Bertz CT molecular complexity index is 858. The number of aromatic nitrogens is 1. The summed E-state index contributed by atoms with van der Waals surface area (Å²) < 4.78 is 21.3. The number of aryl methyl sites for hydroxylation is 1. The van der Waals surface area contributed by atoms with Gasteiger partial charge in [0.05, 0.1) is 6.61 Å². The number of hydrogen-bond acceptors (Lipinski definition) is 2. The van der Waals surface area contributed by atoms with E-state index < -0.39 is 0 Å². The standard InChI is InChI=1S/C20H19FN2O/c1-15-4-2-7-19(12-15)23-10-11-24-20(23)16-8-9-22(14-16)18-6-3-5-17(21)13-18/h2-9,12-14,20H,10-11H2,1H3/t20-/m0/s1. The topological polar surface area (TPSA) is 17.4 Å². The predicted octanol–water partition coefficient (Wildman–Crippen LogP) is 4.46. The largest absolute Gasteiger partial charge is 0.352 e. The summed E-state index contributed by atoms with van der Waals surface area (Å²) in [5, 5.41) is 0. The molecular formula is C20H19FN2O. The third-order valence-corrected chi connectivity index (χ3v) is 4.33. The molecule has 1 aliphatic rings. The van der Waals surface area contributed by atoms with E-state index in [1.807, 2.05) is 29.1 Å². The fourth-order valence-electron chi connectivity index (χ4n) is 3.17. The normalized spacial score (nSPS) is 17.4. The van der Waals surface area contributed by atoms with E-state index in [4.69, 9.17) is 4.74 Å².